The van der Waals surface area contributed by atoms with E-state index in [1.807, 2.05) is 30.5 Å². The monoisotopic (exact) mass is 264 g/mol. The van der Waals surface area contributed by atoms with E-state index in [0.717, 1.165) is 12.0 Å². The van der Waals surface area contributed by atoms with Crippen molar-refractivity contribution in [3.63, 3.8) is 0 Å². The van der Waals surface area contributed by atoms with Crippen molar-refractivity contribution in [3.05, 3.63) is 64.3 Å². The van der Waals surface area contributed by atoms with E-state index >= 15 is 0 Å². The zero-order chi connectivity index (χ0) is 13.2. The number of pyridine rings is 1. The molecule has 0 amide bonds. The van der Waals surface area contributed by atoms with Gasteiger partial charge in [0.05, 0.1) is 11.6 Å². The predicted octanol–water partition coefficient (Wildman–Crippen LogP) is 4.07. The van der Waals surface area contributed by atoms with Crippen LogP contribution in [-0.4, -0.2) is 4.98 Å². The third-order valence-corrected chi connectivity index (χ3v) is 4.52. The molecule has 19 heavy (non-hydrogen) atoms. The van der Waals surface area contributed by atoms with Gasteiger partial charge in [-0.3, -0.25) is 4.98 Å². The molecule has 0 aliphatic carbocycles. The summed E-state index contributed by atoms with van der Waals surface area (Å²) >= 11 is 1.80. The molecule has 0 saturated heterocycles. The van der Waals surface area contributed by atoms with Gasteiger partial charge in [0.1, 0.15) is 0 Å². The summed E-state index contributed by atoms with van der Waals surface area (Å²) in [6, 6.07) is 12.2. The van der Waals surface area contributed by atoms with Crippen molar-refractivity contribution >= 4 is 21.4 Å². The first-order chi connectivity index (χ1) is 9.28. The van der Waals surface area contributed by atoms with Crippen LogP contribution in [0.5, 0.6) is 0 Å². The van der Waals surface area contributed by atoms with E-state index in [0.29, 0.717) is 0 Å². The third-order valence-electron chi connectivity index (χ3n) is 3.25. The second kappa shape index (κ2) is 4.83. The van der Waals surface area contributed by atoms with Crippen LogP contribution in [0.4, 0.5) is 0 Å². The molecule has 0 aliphatic rings. The van der Waals surface area contributed by atoms with Gasteiger partial charge >= 0.3 is 0 Å². The Morgan fingerprint density at radius 2 is 2.21 bits per heavy atom. The van der Waals surface area contributed by atoms with Gasteiger partial charge in [-0.1, -0.05) is 6.07 Å². The average Bonchev–Trinajstić information content (AvgIpc) is 2.76. The van der Waals surface area contributed by atoms with Crippen molar-refractivity contribution in [2.45, 2.75) is 13.3 Å². The van der Waals surface area contributed by atoms with Gasteiger partial charge < -0.3 is 0 Å². The van der Waals surface area contributed by atoms with Crippen LogP contribution in [0.3, 0.4) is 0 Å². The SMILES string of the molecule is Cc1c(Cc2cccnc2)sc2ccc(C#N)cc12. The van der Waals surface area contributed by atoms with Gasteiger partial charge in [-0.05, 0) is 47.7 Å². The summed E-state index contributed by atoms with van der Waals surface area (Å²) in [5.41, 5.74) is 3.22. The predicted molar refractivity (Wildman–Crippen MR) is 78.3 cm³/mol. The van der Waals surface area contributed by atoms with E-state index in [1.54, 1.807) is 17.5 Å². The molecule has 0 N–H and O–H groups in total. The lowest BCUT2D eigenvalue weighted by Gasteiger charge is -1.99. The van der Waals surface area contributed by atoms with Crippen LogP contribution in [0.2, 0.25) is 0 Å². The molecule has 0 atom stereocenters. The Morgan fingerprint density at radius 1 is 1.32 bits per heavy atom. The Bertz CT molecular complexity index is 767. The first kappa shape index (κ1) is 11.9. The molecule has 0 radical (unpaired) electrons. The molecule has 0 unspecified atom stereocenters. The second-order valence-electron chi connectivity index (χ2n) is 4.51. The molecule has 92 valence electrons. The third kappa shape index (κ3) is 2.23. The lowest BCUT2D eigenvalue weighted by molar-refractivity contribution is 1.16. The highest BCUT2D eigenvalue weighted by Gasteiger charge is 2.09. The Morgan fingerprint density at radius 3 is 2.95 bits per heavy atom. The molecule has 2 aromatic heterocycles. The highest BCUT2D eigenvalue weighted by atomic mass is 32.1. The summed E-state index contributed by atoms with van der Waals surface area (Å²) < 4.78 is 1.25. The quantitative estimate of drug-likeness (QED) is 0.699. The lowest BCUT2D eigenvalue weighted by atomic mass is 10.1. The van der Waals surface area contributed by atoms with E-state index in [-0.39, 0.29) is 0 Å². The fourth-order valence-electron chi connectivity index (χ4n) is 2.20. The molecular formula is C16H12N2S. The minimum Gasteiger partial charge on any atom is -0.264 e. The van der Waals surface area contributed by atoms with Gasteiger partial charge in [-0.15, -0.1) is 11.3 Å². The summed E-state index contributed by atoms with van der Waals surface area (Å²) in [6.45, 7) is 2.13. The van der Waals surface area contributed by atoms with Crippen molar-refractivity contribution in [2.75, 3.05) is 0 Å². The molecule has 3 rings (SSSR count). The molecule has 0 spiro atoms. The molecule has 0 saturated carbocycles. The summed E-state index contributed by atoms with van der Waals surface area (Å²) in [5.74, 6) is 0. The minimum absolute atomic E-state index is 0.723. The fourth-order valence-corrected chi connectivity index (χ4v) is 3.42. The van der Waals surface area contributed by atoms with Crippen LogP contribution in [0.25, 0.3) is 10.1 Å². The molecule has 0 fully saturated rings. The number of rotatable bonds is 2. The number of thiophene rings is 1. The summed E-state index contributed by atoms with van der Waals surface area (Å²) in [5, 5.41) is 10.2. The molecule has 2 nitrogen and oxygen atoms in total. The Kier molecular flexibility index (Phi) is 3.02. The molecule has 0 aliphatic heterocycles. The number of benzene rings is 1. The number of hydrogen-bond donors (Lipinski definition) is 0. The van der Waals surface area contributed by atoms with Crippen LogP contribution in [0, 0.1) is 18.3 Å². The molecule has 3 heteroatoms. The van der Waals surface area contributed by atoms with Crippen LogP contribution >= 0.6 is 11.3 Å². The maximum atomic E-state index is 8.98. The summed E-state index contributed by atoms with van der Waals surface area (Å²) in [6.07, 6.45) is 4.60. The van der Waals surface area contributed by atoms with Gasteiger partial charge in [-0.2, -0.15) is 5.26 Å². The van der Waals surface area contributed by atoms with Gasteiger partial charge in [0.25, 0.3) is 0 Å². The number of fused-ring (bicyclic) bond motifs is 1. The van der Waals surface area contributed by atoms with Gasteiger partial charge in [0, 0.05) is 28.4 Å². The average molecular weight is 264 g/mol. The minimum atomic E-state index is 0.723. The molecule has 1 aromatic carbocycles. The molecular weight excluding hydrogens is 252 g/mol. The van der Waals surface area contributed by atoms with E-state index in [1.165, 1.54) is 26.1 Å². The molecule has 2 heterocycles. The van der Waals surface area contributed by atoms with Crippen molar-refractivity contribution < 1.29 is 0 Å². The van der Waals surface area contributed by atoms with E-state index in [4.69, 9.17) is 5.26 Å². The van der Waals surface area contributed by atoms with E-state index in [2.05, 4.69) is 24.0 Å². The number of aryl methyl sites for hydroxylation is 1. The zero-order valence-corrected chi connectivity index (χ0v) is 11.4. The van der Waals surface area contributed by atoms with Crippen LogP contribution in [0.1, 0.15) is 21.6 Å². The largest absolute Gasteiger partial charge is 0.264 e. The van der Waals surface area contributed by atoms with E-state index < -0.39 is 0 Å². The first-order valence-corrected chi connectivity index (χ1v) is 6.90. The number of aromatic nitrogens is 1. The van der Waals surface area contributed by atoms with Crippen LogP contribution in [0.15, 0.2) is 42.7 Å². The Balaban J connectivity index is 2.06. The first-order valence-electron chi connectivity index (χ1n) is 6.09. The number of nitriles is 1. The van der Waals surface area contributed by atoms with Crippen molar-refractivity contribution in [1.82, 2.24) is 4.98 Å². The summed E-state index contributed by atoms with van der Waals surface area (Å²) in [4.78, 5) is 5.50. The highest BCUT2D eigenvalue weighted by Crippen LogP contribution is 2.32. The zero-order valence-electron chi connectivity index (χ0n) is 10.6. The van der Waals surface area contributed by atoms with Gasteiger partial charge in [-0.25, -0.2) is 0 Å². The number of nitrogens with zero attached hydrogens (tertiary/aromatic N) is 2. The standard InChI is InChI=1S/C16H12N2S/c1-11-14-7-12(9-17)4-5-15(14)19-16(11)8-13-3-2-6-18-10-13/h2-7,10H,8H2,1H3. The number of hydrogen-bond acceptors (Lipinski definition) is 3. The van der Waals surface area contributed by atoms with Gasteiger partial charge in [0.2, 0.25) is 0 Å². The fraction of sp³-hybridized carbons (Fsp3) is 0.125. The highest BCUT2D eigenvalue weighted by molar-refractivity contribution is 7.19. The van der Waals surface area contributed by atoms with Crippen molar-refractivity contribution in [2.24, 2.45) is 0 Å². The Labute approximate surface area is 116 Å². The smallest absolute Gasteiger partial charge is 0.0991 e. The van der Waals surface area contributed by atoms with Crippen molar-refractivity contribution in [3.8, 4) is 6.07 Å². The molecule has 3 aromatic rings. The van der Waals surface area contributed by atoms with E-state index in [9.17, 15) is 0 Å². The lowest BCUT2D eigenvalue weighted by Crippen LogP contribution is -1.87. The topological polar surface area (TPSA) is 36.7 Å². The molecule has 0 bridgehead atoms. The van der Waals surface area contributed by atoms with Crippen LogP contribution < -0.4 is 0 Å². The van der Waals surface area contributed by atoms with Gasteiger partial charge in [0.15, 0.2) is 0 Å². The second-order valence-corrected chi connectivity index (χ2v) is 5.65. The van der Waals surface area contributed by atoms with Crippen LogP contribution in [-0.2, 0) is 6.42 Å². The summed E-state index contributed by atoms with van der Waals surface area (Å²) in [7, 11) is 0. The normalized spacial score (nSPS) is 10.5. The van der Waals surface area contributed by atoms with Crippen molar-refractivity contribution in [1.29, 1.82) is 5.26 Å². The maximum Gasteiger partial charge on any atom is 0.0991 e. The maximum absolute atomic E-state index is 8.98. The Hall–Kier alpha value is -2.18.